The molecule has 0 heterocycles. The van der Waals surface area contributed by atoms with E-state index >= 15 is 0 Å². The van der Waals surface area contributed by atoms with E-state index in [1.165, 1.54) is 0 Å². The summed E-state index contributed by atoms with van der Waals surface area (Å²) in [4.78, 5) is 36.7. The summed E-state index contributed by atoms with van der Waals surface area (Å²) in [7, 11) is 7.43. The lowest BCUT2D eigenvalue weighted by atomic mass is 10.0. The van der Waals surface area contributed by atoms with Gasteiger partial charge in [0.25, 0.3) is 0 Å². The Balaban J connectivity index is 4.45. The minimum absolute atomic E-state index is 0.000859. The van der Waals surface area contributed by atoms with Crippen LogP contribution >= 0.6 is 0 Å². The zero-order valence-corrected chi connectivity index (χ0v) is 20.9. The highest BCUT2D eigenvalue weighted by molar-refractivity contribution is 5.83. The summed E-state index contributed by atoms with van der Waals surface area (Å²) in [5.74, 6) is -0.0174. The molecule has 3 unspecified atom stereocenters. The fourth-order valence-corrected chi connectivity index (χ4v) is 3.67. The Morgan fingerprint density at radius 1 is 0.656 bits per heavy atom. The van der Waals surface area contributed by atoms with Gasteiger partial charge in [0.1, 0.15) is 5.78 Å². The minimum Gasteiger partial charge on any atom is -0.355 e. The molecule has 0 aromatic carbocycles. The van der Waals surface area contributed by atoms with E-state index in [1.54, 1.807) is 21.0 Å². The van der Waals surface area contributed by atoms with Crippen molar-refractivity contribution >= 4 is 17.6 Å². The van der Waals surface area contributed by atoms with Gasteiger partial charge in [0.05, 0.1) is 12.1 Å². The van der Waals surface area contributed by atoms with Crippen LogP contribution in [0.25, 0.3) is 0 Å². The average molecular weight is 457 g/mol. The van der Waals surface area contributed by atoms with E-state index in [0.717, 1.165) is 51.6 Å². The highest BCUT2D eigenvalue weighted by atomic mass is 16.2. The van der Waals surface area contributed by atoms with Crippen molar-refractivity contribution in [1.29, 1.82) is 0 Å². The fourth-order valence-electron chi connectivity index (χ4n) is 3.67. The van der Waals surface area contributed by atoms with Crippen LogP contribution in [0.15, 0.2) is 0 Å². The number of likely N-dealkylation sites (N-methyl/N-ethyl adjacent to an activating group) is 2. The third-order valence-electron chi connectivity index (χ3n) is 5.58. The van der Waals surface area contributed by atoms with Crippen molar-refractivity contribution in [2.45, 2.75) is 82.8 Å². The molecule has 0 spiro atoms. The van der Waals surface area contributed by atoms with Gasteiger partial charge >= 0.3 is 0 Å². The number of hydrogen-bond donors (Lipinski definition) is 6. The average Bonchev–Trinajstić information content (AvgIpc) is 2.76. The predicted molar refractivity (Wildman–Crippen MR) is 131 cm³/mol. The van der Waals surface area contributed by atoms with Gasteiger partial charge in [-0.2, -0.15) is 0 Å². The molecule has 0 saturated carbocycles. The van der Waals surface area contributed by atoms with Gasteiger partial charge in [-0.15, -0.1) is 0 Å². The van der Waals surface area contributed by atoms with Crippen molar-refractivity contribution in [3.8, 4) is 0 Å². The van der Waals surface area contributed by atoms with Crippen LogP contribution in [0.2, 0.25) is 0 Å². The molecule has 0 aromatic rings. The predicted octanol–water partition coefficient (Wildman–Crippen LogP) is 0.302. The highest BCUT2D eigenvalue weighted by Gasteiger charge is 2.21. The van der Waals surface area contributed by atoms with Gasteiger partial charge in [-0.25, -0.2) is 0 Å². The number of unbranched alkanes of at least 4 members (excludes halogenated alkanes) is 2. The molecule has 0 aromatic heterocycles. The minimum atomic E-state index is -0.264. The molecule has 6 N–H and O–H groups in total. The second-order valence-corrected chi connectivity index (χ2v) is 8.43. The van der Waals surface area contributed by atoms with Crippen LogP contribution in [0.5, 0.6) is 0 Å². The van der Waals surface area contributed by atoms with E-state index in [9.17, 15) is 14.4 Å². The van der Waals surface area contributed by atoms with Crippen LogP contribution in [0.1, 0.15) is 64.7 Å². The lowest BCUT2D eigenvalue weighted by Crippen LogP contribution is -2.47. The SMILES string of the molecule is CNCCCCC(NC)C(=O)NCCCC(CC(C)=O)NC(=O)C(CCCCNC)NC. The van der Waals surface area contributed by atoms with E-state index in [1.807, 2.05) is 14.1 Å². The van der Waals surface area contributed by atoms with Crippen LogP contribution in [-0.4, -0.2) is 83.5 Å². The second-order valence-electron chi connectivity index (χ2n) is 8.43. The van der Waals surface area contributed by atoms with E-state index < -0.39 is 0 Å². The third kappa shape index (κ3) is 15.3. The standard InChI is InChI=1S/C23H48N6O3/c1-18(30)17-19(29-23(32)21(27-5)13-7-9-15-25-3)11-10-16-28-22(31)20(26-4)12-6-8-14-24-2/h19-21,24-27H,6-17H2,1-5H3,(H,28,31)(H,29,32). The molecule has 0 aliphatic carbocycles. The van der Waals surface area contributed by atoms with Gasteiger partial charge in [0.2, 0.25) is 11.8 Å². The lowest BCUT2D eigenvalue weighted by Gasteiger charge is -2.22. The molecule has 9 nitrogen and oxygen atoms in total. The van der Waals surface area contributed by atoms with Crippen LogP contribution < -0.4 is 31.9 Å². The Bertz CT molecular complexity index is 518. The summed E-state index contributed by atoms with van der Waals surface area (Å²) in [6, 6.07) is -0.675. The number of hydrogen-bond acceptors (Lipinski definition) is 7. The molecular weight excluding hydrogens is 408 g/mol. The number of amides is 2. The first-order valence-corrected chi connectivity index (χ1v) is 12.1. The summed E-state index contributed by atoms with van der Waals surface area (Å²) in [6.45, 7) is 3.95. The maximum absolute atomic E-state index is 12.7. The van der Waals surface area contributed by atoms with E-state index in [-0.39, 0.29) is 35.7 Å². The van der Waals surface area contributed by atoms with Crippen LogP contribution in [0, 0.1) is 0 Å². The first kappa shape index (κ1) is 30.4. The van der Waals surface area contributed by atoms with Crippen molar-refractivity contribution in [2.24, 2.45) is 0 Å². The maximum Gasteiger partial charge on any atom is 0.237 e. The topological polar surface area (TPSA) is 123 Å². The number of carbonyl (C=O) groups excluding carboxylic acids is 3. The van der Waals surface area contributed by atoms with Crippen molar-refractivity contribution < 1.29 is 14.4 Å². The summed E-state index contributed by atoms with van der Waals surface area (Å²) in [6.07, 6.45) is 7.19. The van der Waals surface area contributed by atoms with Crippen molar-refractivity contribution in [3.63, 3.8) is 0 Å². The molecule has 0 fully saturated rings. The first-order chi connectivity index (χ1) is 15.4. The van der Waals surface area contributed by atoms with Gasteiger partial charge in [-0.1, -0.05) is 12.8 Å². The number of carbonyl (C=O) groups is 3. The van der Waals surface area contributed by atoms with Gasteiger partial charge in [0.15, 0.2) is 0 Å². The molecule has 32 heavy (non-hydrogen) atoms. The number of ketones is 1. The highest BCUT2D eigenvalue weighted by Crippen LogP contribution is 2.07. The van der Waals surface area contributed by atoms with Crippen LogP contribution in [0.4, 0.5) is 0 Å². The summed E-state index contributed by atoms with van der Waals surface area (Å²) in [5, 5.41) is 18.4. The molecule has 0 saturated heterocycles. The normalized spacial score (nSPS) is 13.9. The lowest BCUT2D eigenvalue weighted by molar-refractivity contribution is -0.125. The molecule has 0 aliphatic heterocycles. The Morgan fingerprint density at radius 3 is 1.66 bits per heavy atom. The zero-order valence-electron chi connectivity index (χ0n) is 20.9. The maximum atomic E-state index is 12.7. The van der Waals surface area contributed by atoms with Gasteiger partial charge < -0.3 is 31.9 Å². The molecule has 188 valence electrons. The van der Waals surface area contributed by atoms with Crippen LogP contribution in [0.3, 0.4) is 0 Å². The molecule has 0 radical (unpaired) electrons. The zero-order chi connectivity index (χ0) is 24.2. The van der Waals surface area contributed by atoms with Crippen LogP contribution in [-0.2, 0) is 14.4 Å². The Morgan fingerprint density at radius 2 is 1.19 bits per heavy atom. The quantitative estimate of drug-likeness (QED) is 0.137. The molecule has 0 aliphatic rings. The summed E-state index contributed by atoms with van der Waals surface area (Å²) in [5.41, 5.74) is 0. The monoisotopic (exact) mass is 456 g/mol. The van der Waals surface area contributed by atoms with E-state index in [0.29, 0.717) is 25.8 Å². The summed E-state index contributed by atoms with van der Waals surface area (Å²) < 4.78 is 0. The van der Waals surface area contributed by atoms with Crippen molar-refractivity contribution in [2.75, 3.05) is 47.8 Å². The van der Waals surface area contributed by atoms with E-state index in [4.69, 9.17) is 0 Å². The van der Waals surface area contributed by atoms with Crippen molar-refractivity contribution in [3.05, 3.63) is 0 Å². The molecular formula is C23H48N6O3. The third-order valence-corrected chi connectivity index (χ3v) is 5.58. The van der Waals surface area contributed by atoms with Crippen molar-refractivity contribution in [1.82, 2.24) is 31.9 Å². The smallest absolute Gasteiger partial charge is 0.237 e. The molecule has 0 bridgehead atoms. The van der Waals surface area contributed by atoms with Gasteiger partial charge in [0, 0.05) is 19.0 Å². The second kappa shape index (κ2) is 20.1. The molecule has 3 atom stereocenters. The number of nitrogens with one attached hydrogen (secondary N) is 6. The van der Waals surface area contributed by atoms with Gasteiger partial charge in [-0.05, 0) is 86.7 Å². The fraction of sp³-hybridized carbons (Fsp3) is 0.870. The Kier molecular flexibility index (Phi) is 19.1. The molecule has 9 heteroatoms. The summed E-state index contributed by atoms with van der Waals surface area (Å²) >= 11 is 0. The molecule has 2 amide bonds. The molecule has 0 rings (SSSR count). The number of Topliss-reactive ketones (excluding diaryl/α,β-unsaturated/α-hetero) is 1. The van der Waals surface area contributed by atoms with E-state index in [2.05, 4.69) is 31.9 Å². The van der Waals surface area contributed by atoms with Gasteiger partial charge in [-0.3, -0.25) is 14.4 Å². The number of rotatable bonds is 21. The largest absolute Gasteiger partial charge is 0.355 e. The first-order valence-electron chi connectivity index (χ1n) is 12.1. The Hall–Kier alpha value is -1.55. The Labute approximate surface area is 195 Å².